The highest BCUT2D eigenvalue weighted by atomic mass is 16.3. The van der Waals surface area contributed by atoms with Crippen LogP contribution in [0, 0.1) is 0 Å². The SMILES string of the molecule is CCn1c(CN2CCCCC2)nc2cc(NC(=O)c3ccco3)ccc21. The van der Waals surface area contributed by atoms with Gasteiger partial charge in [0, 0.05) is 12.2 Å². The largest absolute Gasteiger partial charge is 0.459 e. The van der Waals surface area contributed by atoms with Gasteiger partial charge in [-0.1, -0.05) is 6.42 Å². The fraction of sp³-hybridized carbons (Fsp3) is 0.400. The van der Waals surface area contributed by atoms with E-state index in [1.807, 2.05) is 18.2 Å². The number of piperidine rings is 1. The van der Waals surface area contributed by atoms with Gasteiger partial charge in [0.25, 0.3) is 5.91 Å². The zero-order chi connectivity index (χ0) is 17.9. The molecule has 6 nitrogen and oxygen atoms in total. The Balaban J connectivity index is 1.58. The third-order valence-electron chi connectivity index (χ3n) is 4.96. The predicted molar refractivity (Wildman–Crippen MR) is 101 cm³/mol. The summed E-state index contributed by atoms with van der Waals surface area (Å²) in [6.07, 6.45) is 5.37. The molecule has 1 aliphatic heterocycles. The molecule has 26 heavy (non-hydrogen) atoms. The molecule has 1 saturated heterocycles. The van der Waals surface area contributed by atoms with Gasteiger partial charge >= 0.3 is 0 Å². The Hall–Kier alpha value is -2.60. The molecule has 6 heteroatoms. The van der Waals surface area contributed by atoms with Crippen molar-refractivity contribution in [1.29, 1.82) is 0 Å². The summed E-state index contributed by atoms with van der Waals surface area (Å²) in [6.45, 7) is 6.22. The smallest absolute Gasteiger partial charge is 0.291 e. The van der Waals surface area contributed by atoms with E-state index in [1.54, 1.807) is 12.1 Å². The number of aryl methyl sites for hydroxylation is 1. The van der Waals surface area contributed by atoms with Gasteiger partial charge in [-0.05, 0) is 63.2 Å². The lowest BCUT2D eigenvalue weighted by Gasteiger charge is -2.26. The molecule has 0 bridgehead atoms. The molecule has 136 valence electrons. The van der Waals surface area contributed by atoms with Crippen molar-refractivity contribution in [3.05, 3.63) is 48.2 Å². The minimum absolute atomic E-state index is 0.252. The number of anilines is 1. The van der Waals surface area contributed by atoms with Gasteiger partial charge in [0.15, 0.2) is 5.76 Å². The fourth-order valence-electron chi connectivity index (χ4n) is 3.65. The van der Waals surface area contributed by atoms with Crippen LogP contribution in [0.4, 0.5) is 5.69 Å². The molecule has 3 aromatic rings. The first kappa shape index (κ1) is 16.8. The van der Waals surface area contributed by atoms with Gasteiger partial charge in [-0.3, -0.25) is 9.69 Å². The van der Waals surface area contributed by atoms with Crippen molar-refractivity contribution in [2.45, 2.75) is 39.3 Å². The third kappa shape index (κ3) is 3.37. The highest BCUT2D eigenvalue weighted by molar-refractivity contribution is 6.03. The topological polar surface area (TPSA) is 63.3 Å². The number of hydrogen-bond acceptors (Lipinski definition) is 4. The zero-order valence-electron chi connectivity index (χ0n) is 15.1. The van der Waals surface area contributed by atoms with Crippen molar-refractivity contribution in [2.75, 3.05) is 18.4 Å². The van der Waals surface area contributed by atoms with Gasteiger partial charge < -0.3 is 14.3 Å². The van der Waals surface area contributed by atoms with Crippen molar-refractivity contribution in [1.82, 2.24) is 14.5 Å². The summed E-state index contributed by atoms with van der Waals surface area (Å²) >= 11 is 0. The Labute approximate surface area is 152 Å². The van der Waals surface area contributed by atoms with Crippen LogP contribution in [0.15, 0.2) is 41.0 Å². The van der Waals surface area contributed by atoms with Crippen LogP contribution in [0.25, 0.3) is 11.0 Å². The summed E-state index contributed by atoms with van der Waals surface area (Å²) in [6, 6.07) is 9.23. The van der Waals surface area contributed by atoms with E-state index in [0.29, 0.717) is 5.76 Å². The highest BCUT2D eigenvalue weighted by Crippen LogP contribution is 2.23. The molecule has 0 unspecified atom stereocenters. The van der Waals surface area contributed by atoms with Crippen LogP contribution >= 0.6 is 0 Å². The summed E-state index contributed by atoms with van der Waals surface area (Å²) in [5, 5.41) is 2.87. The van der Waals surface area contributed by atoms with E-state index < -0.39 is 0 Å². The maximum atomic E-state index is 12.2. The average Bonchev–Trinajstić information content (AvgIpc) is 3.30. The lowest BCUT2D eigenvalue weighted by Crippen LogP contribution is -2.30. The minimum atomic E-state index is -0.252. The number of furan rings is 1. The van der Waals surface area contributed by atoms with Gasteiger partial charge in [-0.15, -0.1) is 0 Å². The second-order valence-corrected chi connectivity index (χ2v) is 6.74. The summed E-state index contributed by atoms with van der Waals surface area (Å²) < 4.78 is 7.41. The molecule has 1 N–H and O–H groups in total. The second-order valence-electron chi connectivity index (χ2n) is 6.74. The number of benzene rings is 1. The number of likely N-dealkylation sites (tertiary alicyclic amines) is 1. The molecule has 1 aromatic carbocycles. The molecule has 2 aromatic heterocycles. The molecular weight excluding hydrogens is 328 g/mol. The number of fused-ring (bicyclic) bond motifs is 1. The van der Waals surface area contributed by atoms with Crippen molar-refractivity contribution in [2.24, 2.45) is 0 Å². The third-order valence-corrected chi connectivity index (χ3v) is 4.96. The molecule has 1 amide bonds. The first-order valence-electron chi connectivity index (χ1n) is 9.31. The Bertz CT molecular complexity index is 892. The maximum absolute atomic E-state index is 12.2. The lowest BCUT2D eigenvalue weighted by atomic mass is 10.1. The molecule has 0 spiro atoms. The number of amides is 1. The number of aromatic nitrogens is 2. The van der Waals surface area contributed by atoms with Crippen LogP contribution in [0.3, 0.4) is 0 Å². The van der Waals surface area contributed by atoms with Gasteiger partial charge in [-0.25, -0.2) is 4.98 Å². The number of imidazole rings is 1. The summed E-state index contributed by atoms with van der Waals surface area (Å²) in [5.41, 5.74) is 2.75. The van der Waals surface area contributed by atoms with Crippen molar-refractivity contribution in [3.8, 4) is 0 Å². The van der Waals surface area contributed by atoms with E-state index in [9.17, 15) is 4.79 Å². The van der Waals surface area contributed by atoms with Crippen molar-refractivity contribution in [3.63, 3.8) is 0 Å². The maximum Gasteiger partial charge on any atom is 0.291 e. The number of carbonyl (C=O) groups is 1. The fourth-order valence-corrected chi connectivity index (χ4v) is 3.65. The van der Waals surface area contributed by atoms with E-state index >= 15 is 0 Å². The molecule has 0 atom stereocenters. The summed E-state index contributed by atoms with van der Waals surface area (Å²) in [4.78, 5) is 19.5. The number of carbonyl (C=O) groups excluding carboxylic acids is 1. The van der Waals surface area contributed by atoms with Crippen LogP contribution in [-0.2, 0) is 13.1 Å². The number of nitrogens with zero attached hydrogens (tertiary/aromatic N) is 3. The first-order chi connectivity index (χ1) is 12.7. The molecule has 4 rings (SSSR count). The van der Waals surface area contributed by atoms with Gasteiger partial charge in [-0.2, -0.15) is 0 Å². The van der Waals surface area contributed by atoms with Crippen LogP contribution in [0.1, 0.15) is 42.6 Å². The highest BCUT2D eigenvalue weighted by Gasteiger charge is 2.16. The Morgan fingerprint density at radius 2 is 2.08 bits per heavy atom. The lowest BCUT2D eigenvalue weighted by molar-refractivity contribution is 0.0996. The van der Waals surface area contributed by atoms with Crippen molar-refractivity contribution < 1.29 is 9.21 Å². The molecule has 0 radical (unpaired) electrons. The molecule has 0 saturated carbocycles. The van der Waals surface area contributed by atoms with Crippen molar-refractivity contribution >= 4 is 22.6 Å². The van der Waals surface area contributed by atoms with Gasteiger partial charge in [0.1, 0.15) is 5.82 Å². The first-order valence-corrected chi connectivity index (χ1v) is 9.31. The monoisotopic (exact) mass is 352 g/mol. The van der Waals surface area contributed by atoms with Gasteiger partial charge in [0.2, 0.25) is 0 Å². The van der Waals surface area contributed by atoms with Crippen LogP contribution < -0.4 is 5.32 Å². The van der Waals surface area contributed by atoms with E-state index in [-0.39, 0.29) is 5.91 Å². The number of hydrogen-bond donors (Lipinski definition) is 1. The molecule has 3 heterocycles. The normalized spacial score (nSPS) is 15.4. The van der Waals surface area contributed by atoms with Crippen LogP contribution in [0.2, 0.25) is 0 Å². The van der Waals surface area contributed by atoms with Crippen LogP contribution in [-0.4, -0.2) is 33.4 Å². The van der Waals surface area contributed by atoms with E-state index in [2.05, 4.69) is 21.7 Å². The van der Waals surface area contributed by atoms with Crippen LogP contribution in [0.5, 0.6) is 0 Å². The number of rotatable bonds is 5. The average molecular weight is 352 g/mol. The van der Waals surface area contributed by atoms with E-state index in [0.717, 1.165) is 48.7 Å². The summed E-state index contributed by atoms with van der Waals surface area (Å²) in [7, 11) is 0. The Morgan fingerprint density at radius 1 is 1.23 bits per heavy atom. The zero-order valence-corrected chi connectivity index (χ0v) is 15.1. The van der Waals surface area contributed by atoms with E-state index in [1.165, 1.54) is 25.5 Å². The standard InChI is InChI=1S/C20H24N4O2/c1-2-24-17-9-8-15(21-20(25)18-7-6-12-26-18)13-16(17)22-19(24)14-23-10-4-3-5-11-23/h6-9,12-13H,2-5,10-11,14H2,1H3,(H,21,25). The Morgan fingerprint density at radius 3 is 2.81 bits per heavy atom. The second kappa shape index (κ2) is 7.33. The number of nitrogens with one attached hydrogen (secondary N) is 1. The molecule has 1 fully saturated rings. The predicted octanol–water partition coefficient (Wildman–Crippen LogP) is 3.89. The Kier molecular flexibility index (Phi) is 4.75. The van der Waals surface area contributed by atoms with E-state index in [4.69, 9.17) is 9.40 Å². The molecule has 1 aliphatic rings. The van der Waals surface area contributed by atoms with Gasteiger partial charge in [0.05, 0.1) is 23.8 Å². The minimum Gasteiger partial charge on any atom is -0.459 e. The summed E-state index contributed by atoms with van der Waals surface area (Å²) in [5.74, 6) is 1.15. The molecular formula is C20H24N4O2. The molecule has 0 aliphatic carbocycles. The quantitative estimate of drug-likeness (QED) is 0.757.